The molecule has 0 aliphatic carbocycles. The Balaban J connectivity index is 1.49. The summed E-state index contributed by atoms with van der Waals surface area (Å²) in [6, 6.07) is 16.0. The Morgan fingerprint density at radius 2 is 1.90 bits per heavy atom. The van der Waals surface area contributed by atoms with Gasteiger partial charge in [0.1, 0.15) is 0 Å². The Morgan fingerprint density at radius 3 is 2.69 bits per heavy atom. The van der Waals surface area contributed by atoms with Crippen LogP contribution in [-0.2, 0) is 11.3 Å². The maximum absolute atomic E-state index is 6.07. The van der Waals surface area contributed by atoms with Crippen LogP contribution in [0.3, 0.4) is 0 Å². The third-order valence-electron chi connectivity index (χ3n) is 5.29. The van der Waals surface area contributed by atoms with E-state index in [1.165, 1.54) is 11.3 Å². The molecule has 0 N–H and O–H groups in total. The van der Waals surface area contributed by atoms with Crippen molar-refractivity contribution in [3.63, 3.8) is 0 Å². The fourth-order valence-corrected chi connectivity index (χ4v) is 3.68. The molecule has 6 nitrogen and oxygen atoms in total. The first-order valence-electron chi connectivity index (χ1n) is 9.82. The number of halogens is 1. The minimum Gasteiger partial charge on any atom is -0.419 e. The van der Waals surface area contributed by atoms with Crippen LogP contribution in [0.25, 0.3) is 11.5 Å². The van der Waals surface area contributed by atoms with E-state index in [1.807, 2.05) is 24.3 Å². The number of hydrogen-bond donors (Lipinski definition) is 0. The lowest BCUT2D eigenvalue weighted by molar-refractivity contribution is 0.122. The minimum atomic E-state index is -0.0202. The highest BCUT2D eigenvalue weighted by Crippen LogP contribution is 2.28. The van der Waals surface area contributed by atoms with Gasteiger partial charge in [-0.25, -0.2) is 0 Å². The van der Waals surface area contributed by atoms with Crippen molar-refractivity contribution in [2.45, 2.75) is 19.5 Å². The number of nitrogens with zero attached hydrogens (tertiary/aromatic N) is 4. The van der Waals surface area contributed by atoms with E-state index >= 15 is 0 Å². The van der Waals surface area contributed by atoms with Crippen molar-refractivity contribution in [3.8, 4) is 11.5 Å². The second kappa shape index (κ2) is 8.95. The van der Waals surface area contributed by atoms with Gasteiger partial charge in [-0.3, -0.25) is 4.90 Å². The molecule has 1 saturated heterocycles. The smallest absolute Gasteiger partial charge is 0.247 e. The second-order valence-corrected chi connectivity index (χ2v) is 7.71. The summed E-state index contributed by atoms with van der Waals surface area (Å²) in [5.74, 6) is 1.07. The molecule has 0 radical (unpaired) electrons. The average Bonchev–Trinajstić information content (AvgIpc) is 3.24. The molecule has 1 aromatic heterocycles. The summed E-state index contributed by atoms with van der Waals surface area (Å²) >= 11 is 6.07. The fraction of sp³-hybridized carbons (Fsp3) is 0.364. The molecule has 1 aliphatic rings. The number of benzene rings is 2. The summed E-state index contributed by atoms with van der Waals surface area (Å²) in [5, 5.41) is 9.12. The van der Waals surface area contributed by atoms with E-state index in [0.717, 1.165) is 38.4 Å². The summed E-state index contributed by atoms with van der Waals surface area (Å²) in [5.41, 5.74) is 3.36. The molecule has 1 fully saturated rings. The zero-order chi connectivity index (χ0) is 20.2. The molecular weight excluding hydrogens is 388 g/mol. The molecule has 0 unspecified atom stereocenters. The molecule has 2 heterocycles. The van der Waals surface area contributed by atoms with Crippen LogP contribution >= 0.6 is 11.6 Å². The lowest BCUT2D eigenvalue weighted by Gasteiger charge is -2.32. The molecule has 0 bridgehead atoms. The van der Waals surface area contributed by atoms with Gasteiger partial charge in [-0.2, -0.15) is 0 Å². The van der Waals surface area contributed by atoms with Crippen LogP contribution in [0.2, 0.25) is 5.02 Å². The van der Waals surface area contributed by atoms with Gasteiger partial charge in [-0.15, -0.1) is 10.2 Å². The standard InChI is InChI=1S/C22H25ClN4O2/c1-16(21-24-25-22(29-21)17-7-5-8-19(23)14-17)26(2)15-18-6-3-4-9-20(18)27-10-12-28-13-11-27/h3-9,14,16H,10-13,15H2,1-2H3/t16-/m0/s1. The quantitative estimate of drug-likeness (QED) is 0.597. The van der Waals surface area contributed by atoms with Crippen molar-refractivity contribution in [3.05, 3.63) is 65.0 Å². The summed E-state index contributed by atoms with van der Waals surface area (Å²) in [4.78, 5) is 4.61. The summed E-state index contributed by atoms with van der Waals surface area (Å²) in [6.07, 6.45) is 0. The van der Waals surface area contributed by atoms with Crippen LogP contribution in [-0.4, -0.2) is 48.4 Å². The highest BCUT2D eigenvalue weighted by Gasteiger charge is 2.21. The predicted octanol–water partition coefficient (Wildman–Crippen LogP) is 4.42. The molecule has 152 valence electrons. The summed E-state index contributed by atoms with van der Waals surface area (Å²) in [7, 11) is 2.07. The number of anilines is 1. The third-order valence-corrected chi connectivity index (χ3v) is 5.53. The third kappa shape index (κ3) is 4.61. The van der Waals surface area contributed by atoms with Gasteiger partial charge in [0.25, 0.3) is 0 Å². The molecule has 1 atom stereocenters. The first-order chi connectivity index (χ1) is 14.1. The largest absolute Gasteiger partial charge is 0.419 e. The molecule has 1 aliphatic heterocycles. The van der Waals surface area contributed by atoms with E-state index in [-0.39, 0.29) is 6.04 Å². The summed E-state index contributed by atoms with van der Waals surface area (Å²) < 4.78 is 11.4. The van der Waals surface area contributed by atoms with Crippen LogP contribution in [0.1, 0.15) is 24.4 Å². The molecular formula is C22H25ClN4O2. The first kappa shape index (κ1) is 19.9. The Labute approximate surface area is 176 Å². The Hall–Kier alpha value is -2.41. The van der Waals surface area contributed by atoms with Gasteiger partial charge in [-0.1, -0.05) is 35.9 Å². The molecule has 29 heavy (non-hydrogen) atoms. The number of rotatable bonds is 6. The van der Waals surface area contributed by atoms with Crippen molar-refractivity contribution in [2.24, 2.45) is 0 Å². The number of ether oxygens (including phenoxy) is 1. The monoisotopic (exact) mass is 412 g/mol. The van der Waals surface area contributed by atoms with E-state index in [1.54, 1.807) is 0 Å². The predicted molar refractivity (Wildman–Crippen MR) is 114 cm³/mol. The van der Waals surface area contributed by atoms with Crippen LogP contribution in [0, 0.1) is 0 Å². The molecule has 2 aromatic carbocycles. The Morgan fingerprint density at radius 1 is 1.10 bits per heavy atom. The van der Waals surface area contributed by atoms with E-state index < -0.39 is 0 Å². The molecule has 7 heteroatoms. The van der Waals surface area contributed by atoms with E-state index in [4.69, 9.17) is 20.8 Å². The topological polar surface area (TPSA) is 54.6 Å². The van der Waals surface area contributed by atoms with Crippen molar-refractivity contribution >= 4 is 17.3 Å². The van der Waals surface area contributed by atoms with E-state index in [9.17, 15) is 0 Å². The van der Waals surface area contributed by atoms with Gasteiger partial charge in [-0.05, 0) is 43.8 Å². The first-order valence-corrected chi connectivity index (χ1v) is 10.2. The Bertz CT molecular complexity index is 955. The van der Waals surface area contributed by atoms with Crippen molar-refractivity contribution in [1.29, 1.82) is 0 Å². The zero-order valence-corrected chi connectivity index (χ0v) is 17.5. The van der Waals surface area contributed by atoms with Gasteiger partial charge in [0, 0.05) is 35.9 Å². The Kier molecular flexibility index (Phi) is 6.13. The maximum atomic E-state index is 6.07. The molecule has 0 saturated carbocycles. The van der Waals surface area contributed by atoms with Gasteiger partial charge in [0.2, 0.25) is 11.8 Å². The number of aromatic nitrogens is 2. The zero-order valence-electron chi connectivity index (χ0n) is 16.7. The van der Waals surface area contributed by atoms with Gasteiger partial charge in [0.05, 0.1) is 19.3 Å². The minimum absolute atomic E-state index is 0.0202. The lowest BCUT2D eigenvalue weighted by atomic mass is 10.1. The van der Waals surface area contributed by atoms with Crippen LogP contribution in [0.4, 0.5) is 5.69 Å². The number of para-hydroxylation sites is 1. The van der Waals surface area contributed by atoms with Crippen molar-refractivity contribution in [2.75, 3.05) is 38.3 Å². The van der Waals surface area contributed by atoms with Crippen LogP contribution in [0.15, 0.2) is 52.9 Å². The van der Waals surface area contributed by atoms with Crippen molar-refractivity contribution in [1.82, 2.24) is 15.1 Å². The van der Waals surface area contributed by atoms with Crippen LogP contribution in [0.5, 0.6) is 0 Å². The van der Waals surface area contributed by atoms with Crippen molar-refractivity contribution < 1.29 is 9.15 Å². The fourth-order valence-electron chi connectivity index (χ4n) is 3.49. The second-order valence-electron chi connectivity index (χ2n) is 7.28. The number of morpholine rings is 1. The molecule has 0 spiro atoms. The normalized spacial score (nSPS) is 15.7. The molecule has 3 aromatic rings. The van der Waals surface area contributed by atoms with Gasteiger partial charge >= 0.3 is 0 Å². The van der Waals surface area contributed by atoms with Gasteiger partial charge < -0.3 is 14.1 Å². The van der Waals surface area contributed by atoms with Gasteiger partial charge in [0.15, 0.2) is 0 Å². The SMILES string of the molecule is C[C@@H](c1nnc(-c2cccc(Cl)c2)o1)N(C)Cc1ccccc1N1CCOCC1. The number of hydrogen-bond acceptors (Lipinski definition) is 6. The summed E-state index contributed by atoms with van der Waals surface area (Å²) in [6.45, 7) is 6.24. The van der Waals surface area contributed by atoms with Crippen LogP contribution < -0.4 is 4.90 Å². The van der Waals surface area contributed by atoms with E-state index in [0.29, 0.717) is 16.8 Å². The molecule has 4 rings (SSSR count). The maximum Gasteiger partial charge on any atom is 0.247 e. The van der Waals surface area contributed by atoms with E-state index in [2.05, 4.69) is 58.2 Å². The average molecular weight is 413 g/mol. The lowest BCUT2D eigenvalue weighted by Crippen LogP contribution is -2.37. The highest BCUT2D eigenvalue weighted by atomic mass is 35.5. The highest BCUT2D eigenvalue weighted by molar-refractivity contribution is 6.30. The molecule has 0 amide bonds.